The third-order valence-corrected chi connectivity index (χ3v) is 7.13. The summed E-state index contributed by atoms with van der Waals surface area (Å²) in [7, 11) is 0. The van der Waals surface area contributed by atoms with Crippen LogP contribution in [0.15, 0.2) is 36.9 Å². The van der Waals surface area contributed by atoms with Gasteiger partial charge in [0.1, 0.15) is 10.7 Å². The quantitative estimate of drug-likeness (QED) is 0.399. The second kappa shape index (κ2) is 9.07. The number of nitrogens with zero attached hydrogens (tertiary/aromatic N) is 7. The van der Waals surface area contributed by atoms with Crippen LogP contribution in [0, 0.1) is 6.92 Å². The Labute approximate surface area is 196 Å². The second-order valence-electron chi connectivity index (χ2n) is 8.89. The summed E-state index contributed by atoms with van der Waals surface area (Å²) >= 11 is 1.51. The number of piperidine rings is 1. The number of likely N-dealkylation sites (tertiary alicyclic amines) is 1. The van der Waals surface area contributed by atoms with E-state index in [1.165, 1.54) is 11.3 Å². The number of carbonyl (C=O) groups is 1. The van der Waals surface area contributed by atoms with Crippen molar-refractivity contribution in [1.29, 1.82) is 0 Å². The van der Waals surface area contributed by atoms with Crippen LogP contribution in [0.5, 0.6) is 0 Å². The van der Waals surface area contributed by atoms with E-state index >= 15 is 0 Å². The van der Waals surface area contributed by atoms with Crippen molar-refractivity contribution >= 4 is 27.9 Å². The lowest BCUT2D eigenvalue weighted by Crippen LogP contribution is -2.39. The molecule has 0 radical (unpaired) electrons. The molecule has 5 rings (SSSR count). The van der Waals surface area contributed by atoms with Gasteiger partial charge in [0.25, 0.3) is 0 Å². The Balaban J connectivity index is 1.29. The summed E-state index contributed by atoms with van der Waals surface area (Å²) < 4.78 is 1.97. The molecule has 0 atom stereocenters. The van der Waals surface area contributed by atoms with Crippen LogP contribution in [0.1, 0.15) is 53.8 Å². The molecule has 0 bridgehead atoms. The average Bonchev–Trinajstić information content (AvgIpc) is 3.48. The maximum atomic E-state index is 12.9. The highest BCUT2D eigenvalue weighted by molar-refractivity contribution is 7.14. The molecule has 0 unspecified atom stereocenters. The first-order valence-corrected chi connectivity index (χ1v) is 12.1. The molecule has 4 aromatic heterocycles. The Kier molecular flexibility index (Phi) is 5.99. The van der Waals surface area contributed by atoms with E-state index in [2.05, 4.69) is 44.0 Å². The smallest absolute Gasteiger partial charge is 0.171 e. The summed E-state index contributed by atoms with van der Waals surface area (Å²) in [5.74, 6) is 0.0294. The minimum absolute atomic E-state index is 0.0294. The number of ketones is 1. The van der Waals surface area contributed by atoms with Gasteiger partial charge in [-0.05, 0) is 51.1 Å². The summed E-state index contributed by atoms with van der Waals surface area (Å²) in [5, 5.41) is 16.4. The molecule has 0 amide bonds. The van der Waals surface area contributed by atoms with Crippen molar-refractivity contribution in [2.24, 2.45) is 0 Å². The molecule has 0 aliphatic carbocycles. The van der Waals surface area contributed by atoms with Gasteiger partial charge in [-0.15, -0.1) is 10.2 Å². The summed E-state index contributed by atoms with van der Waals surface area (Å²) in [6.07, 6.45) is 9.51. The van der Waals surface area contributed by atoms with Crippen LogP contribution < -0.4 is 0 Å². The van der Waals surface area contributed by atoms with Crippen LogP contribution >= 0.6 is 11.3 Å². The van der Waals surface area contributed by atoms with E-state index in [9.17, 15) is 4.79 Å². The highest BCUT2D eigenvalue weighted by atomic mass is 32.1. The maximum Gasteiger partial charge on any atom is 0.171 e. The van der Waals surface area contributed by atoms with Gasteiger partial charge in [-0.25, -0.2) is 0 Å². The van der Waals surface area contributed by atoms with E-state index in [1.807, 2.05) is 29.9 Å². The second-order valence-corrected chi connectivity index (χ2v) is 10.1. The van der Waals surface area contributed by atoms with Gasteiger partial charge < -0.3 is 4.90 Å². The molecule has 0 spiro atoms. The molecule has 0 N–H and O–H groups in total. The Morgan fingerprint density at radius 3 is 2.61 bits per heavy atom. The Morgan fingerprint density at radius 1 is 1.09 bits per heavy atom. The zero-order chi connectivity index (χ0) is 22.9. The van der Waals surface area contributed by atoms with Gasteiger partial charge >= 0.3 is 0 Å². The van der Waals surface area contributed by atoms with Crippen LogP contribution in [0.2, 0.25) is 0 Å². The molecule has 9 heteroatoms. The number of aromatic nitrogens is 6. The van der Waals surface area contributed by atoms with E-state index in [1.54, 1.807) is 18.6 Å². The number of pyridine rings is 2. The molecular weight excluding hydrogens is 434 g/mol. The number of fused-ring (bicyclic) bond motifs is 1. The summed E-state index contributed by atoms with van der Waals surface area (Å²) in [6, 6.07) is 4.87. The fourth-order valence-electron chi connectivity index (χ4n) is 4.31. The molecule has 1 fully saturated rings. The molecule has 1 aliphatic heterocycles. The van der Waals surface area contributed by atoms with E-state index in [-0.39, 0.29) is 12.2 Å². The molecule has 0 saturated carbocycles. The first kappa shape index (κ1) is 21.8. The molecule has 4 aromatic rings. The standard InChI is InChI=1S/C24H27N7OS/c1-15(2)30-6-4-21(5-7-30)31-14-19(13-27-31)23(32)10-20-8-17-9-22(24-29-28-16(3)33-24)26-12-18(17)11-25-20/h8-9,11-15,21H,4-7,10H2,1-3H3. The van der Waals surface area contributed by atoms with Gasteiger partial charge in [-0.3, -0.25) is 19.4 Å². The molecule has 33 heavy (non-hydrogen) atoms. The summed E-state index contributed by atoms with van der Waals surface area (Å²) in [5.41, 5.74) is 2.15. The Hall–Kier alpha value is -3.04. The van der Waals surface area contributed by atoms with E-state index in [4.69, 9.17) is 0 Å². The Bertz CT molecular complexity index is 1290. The normalized spacial score (nSPS) is 15.5. The fraction of sp³-hybridized carbons (Fsp3) is 0.417. The number of rotatable bonds is 6. The Morgan fingerprint density at radius 2 is 1.88 bits per heavy atom. The molecule has 8 nitrogen and oxygen atoms in total. The van der Waals surface area contributed by atoms with Crippen molar-refractivity contribution in [1.82, 2.24) is 34.8 Å². The van der Waals surface area contributed by atoms with Gasteiger partial charge in [0, 0.05) is 48.8 Å². The van der Waals surface area contributed by atoms with Crippen molar-refractivity contribution in [3.63, 3.8) is 0 Å². The molecule has 0 aromatic carbocycles. The molecule has 5 heterocycles. The zero-order valence-electron chi connectivity index (χ0n) is 19.1. The van der Waals surface area contributed by atoms with Crippen molar-refractivity contribution in [3.8, 4) is 10.7 Å². The number of hydrogen-bond donors (Lipinski definition) is 0. The minimum atomic E-state index is 0.0294. The molecular formula is C24H27N7OS. The maximum absolute atomic E-state index is 12.9. The van der Waals surface area contributed by atoms with E-state index in [0.29, 0.717) is 17.6 Å². The van der Waals surface area contributed by atoms with Gasteiger partial charge in [0.15, 0.2) is 10.8 Å². The summed E-state index contributed by atoms with van der Waals surface area (Å²) in [6.45, 7) is 8.53. The van der Waals surface area contributed by atoms with Gasteiger partial charge in [0.2, 0.25) is 0 Å². The monoisotopic (exact) mass is 461 g/mol. The van der Waals surface area contributed by atoms with Crippen molar-refractivity contribution in [3.05, 3.63) is 53.2 Å². The van der Waals surface area contributed by atoms with E-state index < -0.39 is 0 Å². The highest BCUT2D eigenvalue weighted by Crippen LogP contribution is 2.26. The number of carbonyl (C=O) groups excluding carboxylic acids is 1. The largest absolute Gasteiger partial charge is 0.301 e. The molecule has 1 saturated heterocycles. The predicted molar refractivity (Wildman–Crippen MR) is 128 cm³/mol. The highest BCUT2D eigenvalue weighted by Gasteiger charge is 2.23. The topological polar surface area (TPSA) is 89.7 Å². The van der Waals surface area contributed by atoms with Gasteiger partial charge in [-0.2, -0.15) is 5.10 Å². The van der Waals surface area contributed by atoms with Crippen molar-refractivity contribution in [2.75, 3.05) is 13.1 Å². The average molecular weight is 462 g/mol. The van der Waals surface area contributed by atoms with Crippen molar-refractivity contribution < 1.29 is 4.79 Å². The first-order valence-electron chi connectivity index (χ1n) is 11.3. The van der Waals surface area contributed by atoms with Crippen molar-refractivity contribution in [2.45, 2.75) is 52.1 Å². The third kappa shape index (κ3) is 4.69. The lowest BCUT2D eigenvalue weighted by molar-refractivity contribution is 0.0991. The number of hydrogen-bond acceptors (Lipinski definition) is 8. The van der Waals surface area contributed by atoms with E-state index in [0.717, 1.165) is 58.1 Å². The summed E-state index contributed by atoms with van der Waals surface area (Å²) in [4.78, 5) is 24.4. The minimum Gasteiger partial charge on any atom is -0.301 e. The predicted octanol–water partition coefficient (Wildman–Crippen LogP) is 4.12. The van der Waals surface area contributed by atoms with Crippen LogP contribution in [0.3, 0.4) is 0 Å². The zero-order valence-corrected chi connectivity index (χ0v) is 19.9. The van der Waals surface area contributed by atoms with Gasteiger partial charge in [0.05, 0.1) is 24.2 Å². The fourth-order valence-corrected chi connectivity index (χ4v) is 4.97. The van der Waals surface area contributed by atoms with Crippen LogP contribution in [0.4, 0.5) is 0 Å². The van der Waals surface area contributed by atoms with Gasteiger partial charge in [-0.1, -0.05) is 11.3 Å². The van der Waals surface area contributed by atoms with Crippen LogP contribution in [-0.2, 0) is 6.42 Å². The third-order valence-electron chi connectivity index (χ3n) is 6.27. The lowest BCUT2D eigenvalue weighted by Gasteiger charge is -2.34. The van der Waals surface area contributed by atoms with Crippen LogP contribution in [0.25, 0.3) is 21.5 Å². The number of Topliss-reactive ketones (excluding diaryl/α,β-unsaturated/α-hetero) is 1. The van der Waals surface area contributed by atoms with Crippen LogP contribution in [-0.4, -0.2) is 59.8 Å². The molecule has 1 aliphatic rings. The first-order chi connectivity index (χ1) is 16.0. The number of aryl methyl sites for hydroxylation is 1. The SMILES string of the molecule is Cc1nnc(-c2cc3cc(CC(=O)c4cnn(C5CCN(C(C)C)CC5)c4)ncc3cn2)s1. The molecule has 170 valence electrons. The lowest BCUT2D eigenvalue weighted by atomic mass is 10.0.